The van der Waals surface area contributed by atoms with E-state index in [0.29, 0.717) is 37.4 Å². The van der Waals surface area contributed by atoms with Crippen LogP contribution in [0.25, 0.3) is 16.8 Å². The monoisotopic (exact) mass is 491 g/mol. The van der Waals surface area contributed by atoms with Crippen LogP contribution in [0.15, 0.2) is 43.0 Å². The molecule has 188 valence electrons. The summed E-state index contributed by atoms with van der Waals surface area (Å²) in [5.74, 6) is 1.55. The van der Waals surface area contributed by atoms with Crippen LogP contribution in [-0.2, 0) is 11.8 Å². The van der Waals surface area contributed by atoms with E-state index in [4.69, 9.17) is 9.47 Å². The minimum absolute atomic E-state index is 0.231. The first-order valence-electron chi connectivity index (χ1n) is 11.7. The fourth-order valence-corrected chi connectivity index (χ4v) is 4.02. The Balaban J connectivity index is 1.29. The van der Waals surface area contributed by atoms with E-state index in [1.54, 1.807) is 17.8 Å². The van der Waals surface area contributed by atoms with Gasteiger partial charge in [0.15, 0.2) is 11.6 Å². The van der Waals surface area contributed by atoms with E-state index in [9.17, 15) is 4.79 Å². The summed E-state index contributed by atoms with van der Waals surface area (Å²) in [4.78, 5) is 22.8. The summed E-state index contributed by atoms with van der Waals surface area (Å²) in [6.45, 7) is 2.60. The van der Waals surface area contributed by atoms with Gasteiger partial charge in [-0.1, -0.05) is 0 Å². The van der Waals surface area contributed by atoms with Crippen molar-refractivity contribution in [2.45, 2.75) is 12.5 Å². The van der Waals surface area contributed by atoms with Crippen molar-refractivity contribution in [3.8, 4) is 17.0 Å². The van der Waals surface area contributed by atoms with Gasteiger partial charge in [0.05, 0.1) is 30.7 Å². The number of nitrogens with zero attached hydrogens (tertiary/aromatic N) is 7. The van der Waals surface area contributed by atoms with Gasteiger partial charge in [0.25, 0.3) is 5.91 Å². The number of ether oxygens (including phenoxy) is 2. The first kappa shape index (κ1) is 23.7. The maximum absolute atomic E-state index is 12.1. The van der Waals surface area contributed by atoms with Gasteiger partial charge in [0, 0.05) is 44.6 Å². The number of aryl methyl sites for hydroxylation is 1. The minimum Gasteiger partial charge on any atom is -0.488 e. The fraction of sp³-hybridized carbons (Fsp3) is 0.375. The Morgan fingerprint density at radius 3 is 2.78 bits per heavy atom. The molecule has 1 aliphatic heterocycles. The molecule has 1 saturated heterocycles. The molecule has 1 aliphatic rings. The second-order valence-corrected chi connectivity index (χ2v) is 8.69. The van der Waals surface area contributed by atoms with Gasteiger partial charge in [-0.05, 0) is 32.1 Å². The van der Waals surface area contributed by atoms with Crippen LogP contribution in [0.1, 0.15) is 16.9 Å². The van der Waals surface area contributed by atoms with Gasteiger partial charge in [-0.15, -0.1) is 0 Å². The van der Waals surface area contributed by atoms with E-state index < -0.39 is 0 Å². The predicted octanol–water partition coefficient (Wildman–Crippen LogP) is 1.73. The smallest absolute Gasteiger partial charge is 0.271 e. The Morgan fingerprint density at radius 1 is 1.17 bits per heavy atom. The van der Waals surface area contributed by atoms with E-state index in [1.165, 1.54) is 12.4 Å². The average molecular weight is 492 g/mol. The van der Waals surface area contributed by atoms with Crippen molar-refractivity contribution >= 4 is 23.1 Å². The molecule has 1 atom stereocenters. The molecule has 0 aliphatic carbocycles. The standard InChI is InChI=1S/C24H29N9O3/c1-31-7-5-17(31)15-36-20-13-28-32(2)23(20)16-4-8-33-18(10-16)11-21(30-33)29-22-14-26-19(12-27-22)24(34)25-6-9-35-3/h4,8,10-14,17H,5-7,9,15H2,1-3H3,(H,25,34)(H,27,29,30)/t17-/m1/s1. The lowest BCUT2D eigenvalue weighted by Crippen LogP contribution is -2.48. The number of anilines is 2. The predicted molar refractivity (Wildman–Crippen MR) is 133 cm³/mol. The molecule has 5 heterocycles. The zero-order valence-electron chi connectivity index (χ0n) is 20.5. The number of carbonyl (C=O) groups is 1. The third-order valence-corrected chi connectivity index (χ3v) is 6.24. The average Bonchev–Trinajstić information content (AvgIpc) is 3.45. The number of rotatable bonds is 10. The first-order valence-corrected chi connectivity index (χ1v) is 11.7. The van der Waals surface area contributed by atoms with E-state index in [0.717, 1.165) is 35.5 Å². The Hall–Kier alpha value is -4.03. The van der Waals surface area contributed by atoms with Crippen LogP contribution in [0.4, 0.5) is 11.6 Å². The number of hydrogen-bond acceptors (Lipinski definition) is 9. The molecule has 0 saturated carbocycles. The molecule has 0 spiro atoms. The van der Waals surface area contributed by atoms with Crippen LogP contribution in [-0.4, -0.2) is 86.7 Å². The number of likely N-dealkylation sites (N-methyl/N-ethyl adjacent to an activating group) is 1. The Bertz CT molecular complexity index is 1350. The van der Waals surface area contributed by atoms with E-state index in [2.05, 4.69) is 42.7 Å². The third-order valence-electron chi connectivity index (χ3n) is 6.24. The van der Waals surface area contributed by atoms with Crippen molar-refractivity contribution < 1.29 is 14.3 Å². The fourth-order valence-electron chi connectivity index (χ4n) is 4.02. The van der Waals surface area contributed by atoms with E-state index >= 15 is 0 Å². The molecule has 0 aromatic carbocycles. The molecule has 5 rings (SSSR count). The number of amides is 1. The van der Waals surface area contributed by atoms with Gasteiger partial charge in [-0.2, -0.15) is 10.2 Å². The van der Waals surface area contributed by atoms with Crippen LogP contribution in [0.5, 0.6) is 5.75 Å². The summed E-state index contributed by atoms with van der Waals surface area (Å²) < 4.78 is 14.7. The van der Waals surface area contributed by atoms with Crippen LogP contribution < -0.4 is 15.4 Å². The molecule has 12 nitrogen and oxygen atoms in total. The third kappa shape index (κ3) is 4.99. The molecule has 2 N–H and O–H groups in total. The summed E-state index contributed by atoms with van der Waals surface area (Å²) in [6.07, 6.45) is 7.73. The number of nitrogens with one attached hydrogen (secondary N) is 2. The van der Waals surface area contributed by atoms with Gasteiger partial charge in [0.2, 0.25) is 0 Å². The first-order chi connectivity index (χ1) is 17.5. The molecule has 0 bridgehead atoms. The number of carbonyl (C=O) groups excluding carboxylic acids is 1. The number of hydrogen-bond donors (Lipinski definition) is 2. The number of aromatic nitrogens is 6. The second-order valence-electron chi connectivity index (χ2n) is 8.69. The van der Waals surface area contributed by atoms with E-state index in [-0.39, 0.29) is 11.6 Å². The maximum atomic E-state index is 12.1. The zero-order chi connectivity index (χ0) is 25.1. The van der Waals surface area contributed by atoms with Crippen molar-refractivity contribution in [3.63, 3.8) is 0 Å². The molecule has 12 heteroatoms. The lowest BCUT2D eigenvalue weighted by molar-refractivity contribution is 0.0771. The number of pyridine rings is 1. The summed E-state index contributed by atoms with van der Waals surface area (Å²) in [6, 6.07) is 6.39. The van der Waals surface area contributed by atoms with Gasteiger partial charge >= 0.3 is 0 Å². The minimum atomic E-state index is -0.301. The molecule has 1 fully saturated rings. The Labute approximate surface area is 208 Å². The zero-order valence-corrected chi connectivity index (χ0v) is 20.5. The summed E-state index contributed by atoms with van der Waals surface area (Å²) in [5, 5.41) is 14.8. The maximum Gasteiger partial charge on any atom is 0.271 e. The van der Waals surface area contributed by atoms with Crippen molar-refractivity contribution in [1.29, 1.82) is 0 Å². The van der Waals surface area contributed by atoms with Crippen LogP contribution in [0.3, 0.4) is 0 Å². The van der Waals surface area contributed by atoms with Crippen molar-refractivity contribution in [2.24, 2.45) is 7.05 Å². The largest absolute Gasteiger partial charge is 0.488 e. The number of fused-ring (bicyclic) bond motifs is 1. The highest BCUT2D eigenvalue weighted by atomic mass is 16.5. The molecule has 1 amide bonds. The highest BCUT2D eigenvalue weighted by Gasteiger charge is 2.25. The van der Waals surface area contributed by atoms with Crippen LogP contribution >= 0.6 is 0 Å². The van der Waals surface area contributed by atoms with Crippen molar-refractivity contribution in [3.05, 3.63) is 48.7 Å². The summed E-state index contributed by atoms with van der Waals surface area (Å²) in [7, 11) is 5.60. The molecule has 4 aromatic rings. The molecule has 4 aromatic heterocycles. The van der Waals surface area contributed by atoms with Crippen LogP contribution in [0.2, 0.25) is 0 Å². The highest BCUT2D eigenvalue weighted by Crippen LogP contribution is 2.31. The lowest BCUT2D eigenvalue weighted by atomic mass is 10.1. The van der Waals surface area contributed by atoms with E-state index in [1.807, 2.05) is 36.1 Å². The van der Waals surface area contributed by atoms with Gasteiger partial charge in [0.1, 0.15) is 23.8 Å². The molecule has 0 radical (unpaired) electrons. The lowest BCUT2D eigenvalue weighted by Gasteiger charge is -2.37. The number of methoxy groups -OCH3 is 1. The Morgan fingerprint density at radius 2 is 2.06 bits per heavy atom. The van der Waals surface area contributed by atoms with Gasteiger partial charge < -0.3 is 20.1 Å². The van der Waals surface area contributed by atoms with Gasteiger partial charge in [-0.3, -0.25) is 14.4 Å². The highest BCUT2D eigenvalue weighted by molar-refractivity contribution is 5.92. The molecular formula is C24H29N9O3. The summed E-state index contributed by atoms with van der Waals surface area (Å²) in [5.41, 5.74) is 3.02. The van der Waals surface area contributed by atoms with Gasteiger partial charge in [-0.25, -0.2) is 14.5 Å². The van der Waals surface area contributed by atoms with Crippen molar-refractivity contribution in [2.75, 3.05) is 45.8 Å². The quantitative estimate of drug-likeness (QED) is 0.319. The molecular weight excluding hydrogens is 462 g/mol. The SMILES string of the molecule is COCCNC(=O)c1cnc(Nc2cc3cc(-c4c(OC[C@H]5CCN5C)cnn4C)ccn3n2)cn1. The van der Waals surface area contributed by atoms with Crippen molar-refractivity contribution in [1.82, 2.24) is 39.6 Å². The topological polar surface area (TPSA) is 124 Å². The molecule has 36 heavy (non-hydrogen) atoms. The summed E-state index contributed by atoms with van der Waals surface area (Å²) >= 11 is 0. The normalized spacial score (nSPS) is 15.6. The second kappa shape index (κ2) is 10.3. The van der Waals surface area contributed by atoms with Crippen LogP contribution in [0, 0.1) is 0 Å². The molecule has 0 unspecified atom stereocenters. The number of likely N-dealkylation sites (tertiary alicyclic amines) is 1. The Kier molecular flexibility index (Phi) is 6.78.